The summed E-state index contributed by atoms with van der Waals surface area (Å²) in [7, 11) is 0. The van der Waals surface area contributed by atoms with Crippen molar-refractivity contribution in [1.29, 1.82) is 0 Å². The molecule has 0 aromatic heterocycles. The predicted octanol–water partition coefficient (Wildman–Crippen LogP) is 2.80. The van der Waals surface area contributed by atoms with Crippen molar-refractivity contribution < 1.29 is 4.74 Å². The highest BCUT2D eigenvalue weighted by Gasteiger charge is 2.17. The second-order valence-electron chi connectivity index (χ2n) is 5.83. The molecule has 3 heteroatoms. The number of nitrogens with one attached hydrogen (secondary N) is 1. The van der Waals surface area contributed by atoms with Crippen LogP contribution in [0, 0.1) is 5.41 Å². The first kappa shape index (κ1) is 13.2. The average molecular weight is 248 g/mol. The largest absolute Gasteiger partial charge is 0.493 e. The monoisotopic (exact) mass is 248 g/mol. The van der Waals surface area contributed by atoms with E-state index in [1.54, 1.807) is 0 Å². The lowest BCUT2D eigenvalue weighted by atomic mass is 9.89. The minimum atomic E-state index is 0.237. The van der Waals surface area contributed by atoms with Crippen molar-refractivity contribution >= 4 is 5.69 Å². The van der Waals surface area contributed by atoms with E-state index in [4.69, 9.17) is 10.5 Å². The van der Waals surface area contributed by atoms with E-state index >= 15 is 0 Å². The molecule has 0 spiro atoms. The van der Waals surface area contributed by atoms with E-state index in [1.165, 1.54) is 11.3 Å². The highest BCUT2D eigenvalue weighted by Crippen LogP contribution is 2.28. The van der Waals surface area contributed by atoms with Crippen molar-refractivity contribution in [1.82, 2.24) is 0 Å². The molecule has 1 aliphatic rings. The lowest BCUT2D eigenvalue weighted by Crippen LogP contribution is -2.26. The third kappa shape index (κ3) is 3.39. The van der Waals surface area contributed by atoms with Gasteiger partial charge in [0.2, 0.25) is 0 Å². The van der Waals surface area contributed by atoms with Crippen LogP contribution in [0.1, 0.15) is 32.3 Å². The Balaban J connectivity index is 1.98. The predicted molar refractivity (Wildman–Crippen MR) is 76.2 cm³/mol. The molecule has 0 radical (unpaired) electrons. The van der Waals surface area contributed by atoms with Gasteiger partial charge in [0.15, 0.2) is 0 Å². The summed E-state index contributed by atoms with van der Waals surface area (Å²) in [6, 6.07) is 6.39. The number of benzene rings is 1. The standard InChI is InChI=1S/C15H24N2O/c1-15(2,7-8-16)11-17-13-5-6-14-12(10-13)4-3-9-18-14/h5-6,10,17H,3-4,7-9,11,16H2,1-2H3. The molecular weight excluding hydrogens is 224 g/mol. The van der Waals surface area contributed by atoms with Gasteiger partial charge in [-0.1, -0.05) is 13.8 Å². The first-order chi connectivity index (χ1) is 8.61. The third-order valence-electron chi connectivity index (χ3n) is 3.50. The second kappa shape index (κ2) is 5.61. The molecule has 18 heavy (non-hydrogen) atoms. The van der Waals surface area contributed by atoms with Crippen LogP contribution in [0.15, 0.2) is 18.2 Å². The summed E-state index contributed by atoms with van der Waals surface area (Å²) in [6.45, 7) is 7.03. The summed E-state index contributed by atoms with van der Waals surface area (Å²) in [5, 5.41) is 3.51. The zero-order chi connectivity index (χ0) is 13.0. The molecule has 0 fully saturated rings. The summed E-state index contributed by atoms with van der Waals surface area (Å²) in [4.78, 5) is 0. The molecule has 1 aromatic carbocycles. The minimum Gasteiger partial charge on any atom is -0.493 e. The minimum absolute atomic E-state index is 0.237. The van der Waals surface area contributed by atoms with Crippen molar-refractivity contribution in [3.63, 3.8) is 0 Å². The molecule has 100 valence electrons. The fourth-order valence-corrected chi connectivity index (χ4v) is 2.29. The molecule has 2 rings (SSSR count). The van der Waals surface area contributed by atoms with E-state index in [0.29, 0.717) is 0 Å². The summed E-state index contributed by atoms with van der Waals surface area (Å²) in [5.41, 5.74) is 8.37. The van der Waals surface area contributed by atoms with Crippen LogP contribution >= 0.6 is 0 Å². The van der Waals surface area contributed by atoms with E-state index in [-0.39, 0.29) is 5.41 Å². The van der Waals surface area contributed by atoms with Gasteiger partial charge in [0.25, 0.3) is 0 Å². The Morgan fingerprint density at radius 1 is 1.39 bits per heavy atom. The SMILES string of the molecule is CC(C)(CCN)CNc1ccc2c(c1)CCCO2. The Hall–Kier alpha value is -1.22. The Morgan fingerprint density at radius 2 is 2.22 bits per heavy atom. The molecule has 0 bridgehead atoms. The van der Waals surface area contributed by atoms with Gasteiger partial charge in [-0.2, -0.15) is 0 Å². The fourth-order valence-electron chi connectivity index (χ4n) is 2.29. The van der Waals surface area contributed by atoms with Crippen LogP contribution in [-0.4, -0.2) is 19.7 Å². The Labute approximate surface area is 110 Å². The Bertz CT molecular complexity index is 401. The smallest absolute Gasteiger partial charge is 0.122 e. The number of fused-ring (bicyclic) bond motifs is 1. The molecule has 0 aliphatic carbocycles. The lowest BCUT2D eigenvalue weighted by Gasteiger charge is -2.25. The van der Waals surface area contributed by atoms with Crippen molar-refractivity contribution in [3.8, 4) is 5.75 Å². The molecule has 3 nitrogen and oxygen atoms in total. The van der Waals surface area contributed by atoms with Crippen LogP contribution in [0.2, 0.25) is 0 Å². The van der Waals surface area contributed by atoms with Crippen LogP contribution in [0.5, 0.6) is 5.75 Å². The summed E-state index contributed by atoms with van der Waals surface area (Å²) >= 11 is 0. The molecule has 0 saturated carbocycles. The molecule has 0 atom stereocenters. The van der Waals surface area contributed by atoms with Crippen molar-refractivity contribution in [3.05, 3.63) is 23.8 Å². The Morgan fingerprint density at radius 3 is 3.00 bits per heavy atom. The van der Waals surface area contributed by atoms with Crippen LogP contribution in [-0.2, 0) is 6.42 Å². The maximum absolute atomic E-state index is 5.63. The quantitative estimate of drug-likeness (QED) is 0.842. The van der Waals surface area contributed by atoms with Crippen LogP contribution in [0.25, 0.3) is 0 Å². The van der Waals surface area contributed by atoms with Crippen molar-refractivity contribution in [2.75, 3.05) is 25.0 Å². The molecule has 1 aromatic rings. The average Bonchev–Trinajstić information content (AvgIpc) is 2.36. The van der Waals surface area contributed by atoms with Gasteiger partial charge >= 0.3 is 0 Å². The van der Waals surface area contributed by atoms with E-state index in [1.807, 2.05) is 0 Å². The van der Waals surface area contributed by atoms with Gasteiger partial charge in [0, 0.05) is 12.2 Å². The van der Waals surface area contributed by atoms with Gasteiger partial charge in [-0.05, 0) is 55.0 Å². The van der Waals surface area contributed by atoms with E-state index in [2.05, 4.69) is 37.4 Å². The molecule has 1 heterocycles. The molecule has 1 aliphatic heterocycles. The first-order valence-corrected chi connectivity index (χ1v) is 6.80. The second-order valence-corrected chi connectivity index (χ2v) is 5.83. The van der Waals surface area contributed by atoms with Crippen molar-refractivity contribution in [2.45, 2.75) is 33.1 Å². The number of ether oxygens (including phenoxy) is 1. The van der Waals surface area contributed by atoms with Gasteiger partial charge < -0.3 is 15.8 Å². The molecular formula is C15H24N2O. The first-order valence-electron chi connectivity index (χ1n) is 6.80. The molecule has 0 saturated heterocycles. The fraction of sp³-hybridized carbons (Fsp3) is 0.600. The number of rotatable bonds is 5. The third-order valence-corrected chi connectivity index (χ3v) is 3.50. The number of nitrogens with two attached hydrogens (primary N) is 1. The summed E-state index contributed by atoms with van der Waals surface area (Å²) < 4.78 is 5.62. The van der Waals surface area contributed by atoms with Gasteiger partial charge in [-0.3, -0.25) is 0 Å². The maximum atomic E-state index is 5.63. The van der Waals surface area contributed by atoms with Gasteiger partial charge in [0.1, 0.15) is 5.75 Å². The lowest BCUT2D eigenvalue weighted by molar-refractivity contribution is 0.288. The summed E-state index contributed by atoms with van der Waals surface area (Å²) in [5.74, 6) is 1.05. The number of hydrogen-bond donors (Lipinski definition) is 2. The highest BCUT2D eigenvalue weighted by molar-refractivity contribution is 5.51. The van der Waals surface area contributed by atoms with E-state index in [0.717, 1.165) is 44.7 Å². The molecule has 0 amide bonds. The number of hydrogen-bond acceptors (Lipinski definition) is 3. The van der Waals surface area contributed by atoms with Gasteiger partial charge in [-0.15, -0.1) is 0 Å². The topological polar surface area (TPSA) is 47.3 Å². The van der Waals surface area contributed by atoms with Gasteiger partial charge in [0.05, 0.1) is 6.61 Å². The van der Waals surface area contributed by atoms with Crippen LogP contribution in [0.4, 0.5) is 5.69 Å². The maximum Gasteiger partial charge on any atom is 0.122 e. The number of aryl methyl sites for hydroxylation is 1. The zero-order valence-corrected chi connectivity index (χ0v) is 11.5. The number of anilines is 1. The summed E-state index contributed by atoms with van der Waals surface area (Å²) in [6.07, 6.45) is 3.28. The van der Waals surface area contributed by atoms with Crippen molar-refractivity contribution in [2.24, 2.45) is 11.1 Å². The van der Waals surface area contributed by atoms with Crippen LogP contribution in [0.3, 0.4) is 0 Å². The van der Waals surface area contributed by atoms with Gasteiger partial charge in [-0.25, -0.2) is 0 Å². The highest BCUT2D eigenvalue weighted by atomic mass is 16.5. The van der Waals surface area contributed by atoms with E-state index in [9.17, 15) is 0 Å². The molecule has 0 unspecified atom stereocenters. The molecule has 3 N–H and O–H groups in total. The van der Waals surface area contributed by atoms with E-state index < -0.39 is 0 Å². The van der Waals surface area contributed by atoms with Crippen LogP contribution < -0.4 is 15.8 Å². The zero-order valence-electron chi connectivity index (χ0n) is 11.5. The Kier molecular flexibility index (Phi) is 4.12. The normalized spacial score (nSPS) is 14.8.